The first-order valence-electron chi connectivity index (χ1n) is 39.3. The number of amides is 2. The number of fused-ring (bicyclic) bond motifs is 8. The Morgan fingerprint density at radius 3 is 1.07 bits per heavy atom. The SMILES string of the molecule is Nc1c2c(nn1C(=O)C1CCNc3ccc(F)cc31)CC[C@H](NC(=O)OCc1ccccc1)C2.Nc1c2c(nn1C(=O)[C@@H]1CCNc3ccc(F)cc31)CC[C@H](N)C2.Nc1c2c(nn1C(=O)[C@H]1CCNc3ccc(F)cc31)CC[C@H](N)C2.Nc1nn(C(=O)C2CCNc3ccc(F)cc32)c2c1C[C@@H](NC(=O)OCc1ccccc1)CC2. The monoisotopic (exact) mass is 1580 g/mol. The number of alkyl carbamates (subject to hydrolysis) is 2. The number of aryl methyl sites for hydroxylation is 3. The van der Waals surface area contributed by atoms with Crippen molar-refractivity contribution in [3.05, 3.63) is 235 Å². The second-order valence-electron chi connectivity index (χ2n) is 30.5. The van der Waals surface area contributed by atoms with Crippen molar-refractivity contribution in [2.45, 2.75) is 164 Å². The standard InChI is InChI=1S/2C25H26FN5O3.2C17H20FN5O/c26-16-6-8-21-19(12-16)18(10-11-28-21)24(32)31-22-9-7-17(13-20(22)23(27)30-31)29-25(33)34-14-15-4-2-1-3-5-15;26-16-6-8-21-19(12-16)18(10-11-28-21)24(32)31-23(27)20-13-17(7-9-22(20)30-31)29-25(33)34-14-15-4-2-1-3-5-15;2*18-9-1-3-14-12(7-9)11(5-6-21-14)17(24)23-16(20)13-8-10(19)2-4-15(13)22-23/h1-6,8,12,17-18,28H,7,9-11,13-14H2,(H2,27,30)(H,29,33);1-6,8,12,17-18,28H,7,9-11,13-14,27H2,(H,29,33);2*1,3,7,10-11,21H,2,4-6,8,19-20H2/t2*17-,18?;10-,11+;10-,11-/m0000/s1. The predicted octanol–water partition coefficient (Wildman–Crippen LogP) is 10.6. The van der Waals surface area contributed by atoms with Crippen molar-refractivity contribution in [3.8, 4) is 0 Å². The molecule has 8 heterocycles. The highest BCUT2D eigenvalue weighted by atomic mass is 19.1. The maximum Gasteiger partial charge on any atom is 0.407 e. The number of rotatable bonds is 10. The molecule has 18 rings (SSSR count). The van der Waals surface area contributed by atoms with Crippen molar-refractivity contribution < 1.29 is 55.8 Å². The van der Waals surface area contributed by atoms with Crippen LogP contribution < -0.4 is 66.3 Å². The first kappa shape index (κ1) is 78.7. The molecule has 4 aliphatic carbocycles. The summed E-state index contributed by atoms with van der Waals surface area (Å²) in [6, 6.07) is 36.5. The Morgan fingerprint density at radius 1 is 0.388 bits per heavy atom. The maximum absolute atomic E-state index is 13.9. The third-order valence-corrected chi connectivity index (χ3v) is 22.9. The summed E-state index contributed by atoms with van der Waals surface area (Å²) in [5.41, 5.74) is 50.9. The second-order valence-corrected chi connectivity index (χ2v) is 30.5. The van der Waals surface area contributed by atoms with Gasteiger partial charge in [0, 0.05) is 95.3 Å². The van der Waals surface area contributed by atoms with Gasteiger partial charge in [0.2, 0.25) is 0 Å². The van der Waals surface area contributed by atoms with E-state index >= 15 is 0 Å². The van der Waals surface area contributed by atoms with Crippen LogP contribution in [0.2, 0.25) is 0 Å². The van der Waals surface area contributed by atoms with Crippen LogP contribution in [0.3, 0.4) is 0 Å². The summed E-state index contributed by atoms with van der Waals surface area (Å²) in [5, 5.41) is 36.3. The number of nitrogens with two attached hydrogens (primary N) is 6. The van der Waals surface area contributed by atoms with Crippen LogP contribution >= 0.6 is 0 Å². The molecule has 0 saturated carbocycles. The number of hydrogen-bond donors (Lipinski definition) is 12. The summed E-state index contributed by atoms with van der Waals surface area (Å²) in [6.45, 7) is 2.91. The Morgan fingerprint density at radius 2 is 0.707 bits per heavy atom. The van der Waals surface area contributed by atoms with Gasteiger partial charge in [0.05, 0.1) is 46.4 Å². The van der Waals surface area contributed by atoms with E-state index in [2.05, 4.69) is 52.3 Å². The maximum atomic E-state index is 13.9. The molecule has 0 radical (unpaired) electrons. The molecule has 0 bridgehead atoms. The van der Waals surface area contributed by atoms with Crippen LogP contribution in [0.25, 0.3) is 0 Å². The van der Waals surface area contributed by atoms with Crippen molar-refractivity contribution in [2.75, 3.05) is 70.4 Å². The quantitative estimate of drug-likeness (QED) is 0.0566. The average Bonchev–Trinajstić information content (AvgIpc) is 1.76. The van der Waals surface area contributed by atoms with Crippen LogP contribution in [0, 0.1) is 23.3 Å². The van der Waals surface area contributed by atoms with Crippen LogP contribution in [0.15, 0.2) is 133 Å². The number of ether oxygens (including phenoxy) is 2. The van der Waals surface area contributed by atoms with Gasteiger partial charge in [-0.2, -0.15) is 29.3 Å². The number of halogens is 4. The first-order valence-corrected chi connectivity index (χ1v) is 39.3. The molecule has 116 heavy (non-hydrogen) atoms. The molecule has 0 saturated heterocycles. The van der Waals surface area contributed by atoms with Gasteiger partial charge in [0.25, 0.3) is 23.6 Å². The first-order chi connectivity index (χ1) is 56.1. The lowest BCUT2D eigenvalue weighted by Crippen LogP contribution is -2.39. The molecule has 4 aliphatic heterocycles. The van der Waals surface area contributed by atoms with Crippen LogP contribution in [-0.2, 0) is 74.1 Å². The van der Waals surface area contributed by atoms with Gasteiger partial charge >= 0.3 is 12.2 Å². The smallest absolute Gasteiger partial charge is 0.407 e. The number of carbonyl (C=O) groups excluding carboxylic acids is 6. The lowest BCUT2D eigenvalue weighted by Gasteiger charge is -2.27. The van der Waals surface area contributed by atoms with Crippen molar-refractivity contribution in [1.82, 2.24) is 49.8 Å². The zero-order chi connectivity index (χ0) is 81.0. The van der Waals surface area contributed by atoms with E-state index in [-0.39, 0.29) is 95.9 Å². The number of nitrogens with zero attached hydrogens (tertiary/aromatic N) is 8. The third kappa shape index (κ3) is 17.0. The number of nitrogen functional groups attached to an aromatic ring is 4. The molecule has 10 aromatic rings. The lowest BCUT2D eigenvalue weighted by atomic mass is 9.89. The highest BCUT2D eigenvalue weighted by Crippen LogP contribution is 2.41. The lowest BCUT2D eigenvalue weighted by molar-refractivity contribution is 0.0845. The minimum absolute atomic E-state index is 0.0567. The molecule has 18 N–H and O–H groups in total. The fourth-order valence-corrected chi connectivity index (χ4v) is 16.8. The molecule has 32 heteroatoms. The number of hydrogen-bond acceptors (Lipinski definition) is 22. The summed E-state index contributed by atoms with van der Waals surface area (Å²) in [6.07, 6.45) is 9.04. The van der Waals surface area contributed by atoms with E-state index in [0.717, 1.165) is 105 Å². The van der Waals surface area contributed by atoms with Gasteiger partial charge in [0.1, 0.15) is 59.8 Å². The van der Waals surface area contributed by atoms with E-state index in [1.165, 1.54) is 67.3 Å². The van der Waals surface area contributed by atoms with Crippen molar-refractivity contribution in [1.29, 1.82) is 0 Å². The minimum Gasteiger partial charge on any atom is -0.445 e. The fraction of sp³-hybridized carbons (Fsp3) is 0.357. The van der Waals surface area contributed by atoms with Crippen molar-refractivity contribution in [3.63, 3.8) is 0 Å². The predicted molar refractivity (Wildman–Crippen MR) is 429 cm³/mol. The number of nitrogens with one attached hydrogen (secondary N) is 6. The Balaban J connectivity index is 0.000000123. The van der Waals surface area contributed by atoms with Gasteiger partial charge in [-0.3, -0.25) is 19.2 Å². The van der Waals surface area contributed by atoms with Crippen LogP contribution in [-0.4, -0.2) is 125 Å². The summed E-state index contributed by atoms with van der Waals surface area (Å²) >= 11 is 0. The number of anilines is 8. The molecule has 0 spiro atoms. The Labute approximate surface area is 665 Å². The van der Waals surface area contributed by atoms with E-state index in [1.54, 1.807) is 24.3 Å². The minimum atomic E-state index is -0.530. The average molecular weight is 1590 g/mol. The summed E-state index contributed by atoms with van der Waals surface area (Å²) in [7, 11) is 0. The van der Waals surface area contributed by atoms with Crippen LogP contribution in [0.1, 0.15) is 173 Å². The van der Waals surface area contributed by atoms with E-state index in [4.69, 9.17) is 43.9 Å². The molecule has 0 fully saturated rings. The van der Waals surface area contributed by atoms with Gasteiger partial charge in [-0.1, -0.05) is 60.7 Å². The molecule has 8 atom stereocenters. The third-order valence-electron chi connectivity index (χ3n) is 22.9. The highest BCUT2D eigenvalue weighted by Gasteiger charge is 2.39. The Kier molecular flexibility index (Phi) is 23.2. The van der Waals surface area contributed by atoms with Crippen LogP contribution in [0.4, 0.5) is 73.2 Å². The zero-order valence-corrected chi connectivity index (χ0v) is 63.7. The molecule has 2 amide bonds. The molecule has 8 aliphatic rings. The number of carbonyl (C=O) groups is 6. The molecular weight excluding hydrogens is 1490 g/mol. The normalized spacial score (nSPS) is 20.3. The number of benzene rings is 6. The molecule has 6 aromatic carbocycles. The Hall–Kier alpha value is -12.6. The van der Waals surface area contributed by atoms with E-state index < -0.39 is 35.9 Å². The van der Waals surface area contributed by atoms with Gasteiger partial charge in [-0.05, 0) is 209 Å². The summed E-state index contributed by atoms with van der Waals surface area (Å²) in [5.74, 6) is -2.99. The van der Waals surface area contributed by atoms with Gasteiger partial charge < -0.3 is 75.8 Å². The van der Waals surface area contributed by atoms with E-state index in [9.17, 15) is 46.3 Å². The zero-order valence-electron chi connectivity index (χ0n) is 63.7. The highest BCUT2D eigenvalue weighted by molar-refractivity contribution is 5.93. The number of aromatic nitrogens is 8. The van der Waals surface area contributed by atoms with Crippen molar-refractivity contribution >= 4 is 81.8 Å². The molecule has 28 nitrogen and oxygen atoms in total. The molecule has 4 aromatic heterocycles. The fourth-order valence-electron chi connectivity index (χ4n) is 16.8. The summed E-state index contributed by atoms with van der Waals surface area (Å²) < 4.78 is 70.9. The second kappa shape index (κ2) is 34.2. The largest absolute Gasteiger partial charge is 0.445 e. The molecule has 604 valence electrons. The van der Waals surface area contributed by atoms with Crippen LogP contribution in [0.5, 0.6) is 0 Å². The van der Waals surface area contributed by atoms with Crippen molar-refractivity contribution in [2.24, 2.45) is 11.5 Å². The van der Waals surface area contributed by atoms with Gasteiger partial charge in [-0.25, -0.2) is 31.8 Å². The molecule has 2 unspecified atom stereocenters. The van der Waals surface area contributed by atoms with E-state index in [1.807, 2.05) is 60.7 Å². The van der Waals surface area contributed by atoms with Gasteiger partial charge in [0.15, 0.2) is 0 Å². The van der Waals surface area contributed by atoms with Gasteiger partial charge in [-0.15, -0.1) is 5.10 Å². The topological polar surface area (TPSA) is 420 Å². The Bertz CT molecular complexity index is 5180. The summed E-state index contributed by atoms with van der Waals surface area (Å²) in [4.78, 5) is 77.4. The molecular formula is C84H92F4N20O8. The van der Waals surface area contributed by atoms with E-state index in [0.29, 0.717) is 137 Å².